The molecule has 0 spiro atoms. The third kappa shape index (κ3) is 5.35. The Bertz CT molecular complexity index is 480. The zero-order valence-electron chi connectivity index (χ0n) is 9.64. The van der Waals surface area contributed by atoms with Crippen LogP contribution in [0.3, 0.4) is 0 Å². The highest BCUT2D eigenvalue weighted by molar-refractivity contribution is 7.90. The normalized spacial score (nSPS) is 11.1. The molecule has 1 amide bonds. The van der Waals surface area contributed by atoms with Gasteiger partial charge in [-0.05, 0) is 30.7 Å². The topological polar surface area (TPSA) is 89.3 Å². The molecule has 94 valence electrons. The number of amides is 1. The summed E-state index contributed by atoms with van der Waals surface area (Å²) in [5, 5.41) is 2.65. The zero-order chi connectivity index (χ0) is 12.9. The van der Waals surface area contributed by atoms with Gasteiger partial charge in [0.25, 0.3) is 5.91 Å². The van der Waals surface area contributed by atoms with Gasteiger partial charge in [-0.25, -0.2) is 8.42 Å². The van der Waals surface area contributed by atoms with E-state index in [0.29, 0.717) is 24.2 Å². The molecule has 0 fully saturated rings. The predicted molar refractivity (Wildman–Crippen MR) is 67.5 cm³/mol. The molecule has 1 rings (SSSR count). The van der Waals surface area contributed by atoms with E-state index >= 15 is 0 Å². The molecule has 0 aromatic heterocycles. The standard InChI is InChI=1S/C11H16N2O3S/c1-17(15,16)8-2-7-13-11(14)9-3-5-10(12)6-4-9/h3-6H,2,7-8,12H2,1H3,(H,13,14). The predicted octanol–water partition coefficient (Wildman–Crippen LogP) is 0.433. The van der Waals surface area contributed by atoms with Crippen molar-refractivity contribution in [2.45, 2.75) is 6.42 Å². The first-order chi connectivity index (χ1) is 7.88. The quantitative estimate of drug-likeness (QED) is 0.590. The maximum Gasteiger partial charge on any atom is 0.251 e. The van der Waals surface area contributed by atoms with Crippen molar-refractivity contribution < 1.29 is 13.2 Å². The number of benzene rings is 1. The molecule has 17 heavy (non-hydrogen) atoms. The van der Waals surface area contributed by atoms with Crippen molar-refractivity contribution in [2.24, 2.45) is 0 Å². The summed E-state index contributed by atoms with van der Waals surface area (Å²) in [7, 11) is -2.96. The minimum Gasteiger partial charge on any atom is -0.399 e. The Morgan fingerprint density at radius 2 is 1.88 bits per heavy atom. The lowest BCUT2D eigenvalue weighted by Gasteiger charge is -2.04. The highest BCUT2D eigenvalue weighted by atomic mass is 32.2. The van der Waals surface area contributed by atoms with Gasteiger partial charge in [-0.15, -0.1) is 0 Å². The van der Waals surface area contributed by atoms with Crippen molar-refractivity contribution in [3.8, 4) is 0 Å². The van der Waals surface area contributed by atoms with Crippen LogP contribution < -0.4 is 11.1 Å². The number of carbonyl (C=O) groups excluding carboxylic acids is 1. The molecule has 1 aromatic rings. The van der Waals surface area contributed by atoms with Gasteiger partial charge in [-0.2, -0.15) is 0 Å². The molecule has 1 aromatic carbocycles. The van der Waals surface area contributed by atoms with Crippen LogP contribution in [0.4, 0.5) is 5.69 Å². The number of hydrogen-bond acceptors (Lipinski definition) is 4. The Hall–Kier alpha value is -1.56. The van der Waals surface area contributed by atoms with Crippen LogP contribution in [-0.2, 0) is 9.84 Å². The first kappa shape index (κ1) is 13.5. The third-order valence-electron chi connectivity index (χ3n) is 2.15. The highest BCUT2D eigenvalue weighted by Gasteiger charge is 2.05. The van der Waals surface area contributed by atoms with E-state index in [0.717, 1.165) is 0 Å². The van der Waals surface area contributed by atoms with Crippen LogP contribution in [0.25, 0.3) is 0 Å². The Balaban J connectivity index is 2.38. The molecule has 0 unspecified atom stereocenters. The largest absolute Gasteiger partial charge is 0.399 e. The first-order valence-electron chi connectivity index (χ1n) is 5.20. The molecule has 6 heteroatoms. The first-order valence-corrected chi connectivity index (χ1v) is 7.26. The molecule has 5 nitrogen and oxygen atoms in total. The Kier molecular flexibility index (Phi) is 4.51. The molecule has 0 aliphatic carbocycles. The second-order valence-corrected chi connectivity index (χ2v) is 6.12. The summed E-state index contributed by atoms with van der Waals surface area (Å²) in [6.45, 7) is 0.344. The lowest BCUT2D eigenvalue weighted by molar-refractivity contribution is 0.0953. The summed E-state index contributed by atoms with van der Waals surface area (Å²) in [4.78, 5) is 11.6. The second kappa shape index (κ2) is 5.67. The Labute approximate surface area is 101 Å². The van der Waals surface area contributed by atoms with E-state index in [4.69, 9.17) is 5.73 Å². The molecule has 0 heterocycles. The number of rotatable bonds is 5. The van der Waals surface area contributed by atoms with Crippen molar-refractivity contribution in [2.75, 3.05) is 24.3 Å². The molecule has 0 saturated carbocycles. The SMILES string of the molecule is CS(=O)(=O)CCCNC(=O)c1ccc(N)cc1. The van der Waals surface area contributed by atoms with E-state index in [9.17, 15) is 13.2 Å². The van der Waals surface area contributed by atoms with E-state index in [-0.39, 0.29) is 11.7 Å². The lowest BCUT2D eigenvalue weighted by Crippen LogP contribution is -2.25. The van der Waals surface area contributed by atoms with Gasteiger partial charge in [0.05, 0.1) is 5.75 Å². The van der Waals surface area contributed by atoms with Gasteiger partial charge >= 0.3 is 0 Å². The number of nitrogens with two attached hydrogens (primary N) is 1. The fourth-order valence-corrected chi connectivity index (χ4v) is 1.94. The van der Waals surface area contributed by atoms with Crippen molar-refractivity contribution in [1.82, 2.24) is 5.32 Å². The van der Waals surface area contributed by atoms with Gasteiger partial charge in [-0.1, -0.05) is 0 Å². The average Bonchev–Trinajstić information content (AvgIpc) is 2.24. The van der Waals surface area contributed by atoms with Crippen LogP contribution in [0, 0.1) is 0 Å². The summed E-state index contributed by atoms with van der Waals surface area (Å²) >= 11 is 0. The van der Waals surface area contributed by atoms with Crippen LogP contribution in [0.1, 0.15) is 16.8 Å². The van der Waals surface area contributed by atoms with Gasteiger partial charge in [0, 0.05) is 24.1 Å². The fourth-order valence-electron chi connectivity index (χ4n) is 1.27. The molecule has 0 saturated heterocycles. The lowest BCUT2D eigenvalue weighted by atomic mass is 10.2. The van der Waals surface area contributed by atoms with Gasteiger partial charge < -0.3 is 11.1 Å². The summed E-state index contributed by atoms with van der Waals surface area (Å²) < 4.78 is 21.7. The third-order valence-corrected chi connectivity index (χ3v) is 3.18. The summed E-state index contributed by atoms with van der Waals surface area (Å²) in [5.41, 5.74) is 6.61. The van der Waals surface area contributed by atoms with E-state index in [1.54, 1.807) is 24.3 Å². The van der Waals surface area contributed by atoms with E-state index in [1.807, 2.05) is 0 Å². The zero-order valence-corrected chi connectivity index (χ0v) is 10.5. The fraction of sp³-hybridized carbons (Fsp3) is 0.364. The molecule has 0 atom stereocenters. The number of sulfone groups is 1. The molecular formula is C11H16N2O3S. The Morgan fingerprint density at radius 3 is 2.41 bits per heavy atom. The van der Waals surface area contributed by atoms with Crippen LogP contribution in [0.2, 0.25) is 0 Å². The summed E-state index contributed by atoms with van der Waals surface area (Å²) in [5.74, 6) is -0.145. The molecule has 3 N–H and O–H groups in total. The summed E-state index contributed by atoms with van der Waals surface area (Å²) in [6, 6.07) is 6.54. The van der Waals surface area contributed by atoms with Crippen LogP contribution in [0.15, 0.2) is 24.3 Å². The monoisotopic (exact) mass is 256 g/mol. The van der Waals surface area contributed by atoms with Gasteiger partial charge in [0.15, 0.2) is 0 Å². The number of hydrogen-bond donors (Lipinski definition) is 2. The van der Waals surface area contributed by atoms with Gasteiger partial charge in [0.2, 0.25) is 0 Å². The maximum absolute atomic E-state index is 11.6. The minimum absolute atomic E-state index is 0.0784. The van der Waals surface area contributed by atoms with Gasteiger partial charge in [-0.3, -0.25) is 4.79 Å². The van der Waals surface area contributed by atoms with Crippen LogP contribution >= 0.6 is 0 Å². The van der Waals surface area contributed by atoms with Crippen molar-refractivity contribution >= 4 is 21.4 Å². The second-order valence-electron chi connectivity index (χ2n) is 3.86. The minimum atomic E-state index is -2.96. The molecule has 0 radical (unpaired) electrons. The van der Waals surface area contributed by atoms with E-state index in [2.05, 4.69) is 5.32 Å². The summed E-state index contributed by atoms with van der Waals surface area (Å²) in [6.07, 6.45) is 1.59. The van der Waals surface area contributed by atoms with Crippen molar-refractivity contribution in [3.63, 3.8) is 0 Å². The number of nitrogens with one attached hydrogen (secondary N) is 1. The van der Waals surface area contributed by atoms with Crippen LogP contribution in [-0.4, -0.2) is 32.9 Å². The molecule has 0 aliphatic rings. The van der Waals surface area contributed by atoms with Crippen molar-refractivity contribution in [1.29, 1.82) is 0 Å². The maximum atomic E-state index is 11.6. The number of carbonyl (C=O) groups is 1. The Morgan fingerprint density at radius 1 is 1.29 bits per heavy atom. The number of anilines is 1. The van der Waals surface area contributed by atoms with E-state index in [1.165, 1.54) is 6.26 Å². The van der Waals surface area contributed by atoms with E-state index < -0.39 is 9.84 Å². The highest BCUT2D eigenvalue weighted by Crippen LogP contribution is 2.04. The van der Waals surface area contributed by atoms with Crippen molar-refractivity contribution in [3.05, 3.63) is 29.8 Å². The molecular weight excluding hydrogens is 240 g/mol. The number of nitrogen functional groups attached to an aromatic ring is 1. The van der Waals surface area contributed by atoms with Gasteiger partial charge in [0.1, 0.15) is 9.84 Å². The smallest absolute Gasteiger partial charge is 0.251 e. The molecule has 0 aliphatic heterocycles. The molecule has 0 bridgehead atoms. The average molecular weight is 256 g/mol. The van der Waals surface area contributed by atoms with Crippen LogP contribution in [0.5, 0.6) is 0 Å².